The van der Waals surface area contributed by atoms with Gasteiger partial charge in [0.15, 0.2) is 11.0 Å². The van der Waals surface area contributed by atoms with Crippen molar-refractivity contribution in [1.82, 2.24) is 14.8 Å². The second-order valence-electron chi connectivity index (χ2n) is 6.41. The number of hydrogen-bond donors (Lipinski definition) is 0. The zero-order valence-electron chi connectivity index (χ0n) is 14.4. The fraction of sp³-hybridized carbons (Fsp3) is 0.611. The molecule has 1 aliphatic rings. The Balaban J connectivity index is 1.68. The first kappa shape index (κ1) is 17.5. The molecule has 0 N–H and O–H groups in total. The smallest absolute Gasteiger partial charge is 0.191 e. The summed E-state index contributed by atoms with van der Waals surface area (Å²) < 4.78 is 2.11. The van der Waals surface area contributed by atoms with Gasteiger partial charge in [0, 0.05) is 24.1 Å². The Hall–Kier alpha value is -1.32. The van der Waals surface area contributed by atoms with Crippen molar-refractivity contribution in [2.75, 3.05) is 5.75 Å². The fourth-order valence-electron chi connectivity index (χ4n) is 3.18. The maximum atomic E-state index is 8.58. The molecule has 0 saturated carbocycles. The topological polar surface area (TPSA) is 54.5 Å². The van der Waals surface area contributed by atoms with Gasteiger partial charge in [-0.05, 0) is 49.7 Å². The molecule has 1 aliphatic carbocycles. The van der Waals surface area contributed by atoms with E-state index in [0.717, 1.165) is 35.5 Å². The number of thiophene rings is 1. The van der Waals surface area contributed by atoms with Crippen LogP contribution < -0.4 is 0 Å². The number of hydrogen-bond acceptors (Lipinski definition) is 5. The summed E-state index contributed by atoms with van der Waals surface area (Å²) in [6, 6.07) is 4.53. The second kappa shape index (κ2) is 8.17. The van der Waals surface area contributed by atoms with Crippen LogP contribution in [-0.4, -0.2) is 20.5 Å². The standard InChI is InChI=1S/C18H24N4S2/c1-3-13-7-8-15-14(11-13)12-16(24-15)17-20-21-18(22(17)2)23-10-6-4-5-9-19/h12-13H,3-8,10-11H2,1-2H3. The molecule has 128 valence electrons. The number of unbranched alkanes of at least 4 members (excludes halogenated alkanes) is 2. The lowest BCUT2D eigenvalue weighted by Gasteiger charge is -2.19. The molecule has 1 unspecified atom stereocenters. The van der Waals surface area contributed by atoms with Crippen LogP contribution in [0.25, 0.3) is 10.7 Å². The number of nitriles is 1. The molecule has 24 heavy (non-hydrogen) atoms. The molecule has 4 nitrogen and oxygen atoms in total. The van der Waals surface area contributed by atoms with Crippen molar-refractivity contribution in [1.29, 1.82) is 5.26 Å². The van der Waals surface area contributed by atoms with Gasteiger partial charge in [-0.15, -0.1) is 21.5 Å². The van der Waals surface area contributed by atoms with Crippen molar-refractivity contribution in [3.05, 3.63) is 16.5 Å². The highest BCUT2D eigenvalue weighted by atomic mass is 32.2. The van der Waals surface area contributed by atoms with Gasteiger partial charge in [0.05, 0.1) is 10.9 Å². The van der Waals surface area contributed by atoms with Gasteiger partial charge < -0.3 is 4.57 Å². The predicted molar refractivity (Wildman–Crippen MR) is 100 cm³/mol. The van der Waals surface area contributed by atoms with E-state index in [2.05, 4.69) is 40.9 Å². The number of rotatable bonds is 7. The molecular formula is C18H24N4S2. The van der Waals surface area contributed by atoms with Crippen molar-refractivity contribution < 1.29 is 0 Å². The highest BCUT2D eigenvalue weighted by Crippen LogP contribution is 2.38. The van der Waals surface area contributed by atoms with E-state index < -0.39 is 0 Å². The fourth-order valence-corrected chi connectivity index (χ4v) is 5.32. The number of aromatic nitrogens is 3. The molecule has 2 aromatic rings. The monoisotopic (exact) mass is 360 g/mol. The predicted octanol–water partition coefficient (Wildman–Crippen LogP) is 4.84. The molecule has 0 bridgehead atoms. The third-order valence-corrected chi connectivity index (χ3v) is 7.07. The van der Waals surface area contributed by atoms with Crippen LogP contribution >= 0.6 is 23.1 Å². The summed E-state index contributed by atoms with van der Waals surface area (Å²) in [5, 5.41) is 18.3. The summed E-state index contributed by atoms with van der Waals surface area (Å²) in [7, 11) is 2.06. The Morgan fingerprint density at radius 2 is 2.29 bits per heavy atom. The lowest BCUT2D eigenvalue weighted by molar-refractivity contribution is 0.449. The molecule has 0 saturated heterocycles. The lowest BCUT2D eigenvalue weighted by Crippen LogP contribution is -2.10. The van der Waals surface area contributed by atoms with Crippen LogP contribution in [0.15, 0.2) is 11.2 Å². The van der Waals surface area contributed by atoms with Gasteiger partial charge in [0.1, 0.15) is 0 Å². The van der Waals surface area contributed by atoms with Crippen LogP contribution in [0.2, 0.25) is 0 Å². The summed E-state index contributed by atoms with van der Waals surface area (Å²) in [5.41, 5.74) is 1.53. The third kappa shape index (κ3) is 3.84. The van der Waals surface area contributed by atoms with Gasteiger partial charge in [0.2, 0.25) is 0 Å². The van der Waals surface area contributed by atoms with E-state index in [1.165, 1.54) is 36.1 Å². The number of fused-ring (bicyclic) bond motifs is 1. The summed E-state index contributed by atoms with van der Waals surface area (Å²) in [5.74, 6) is 2.83. The largest absolute Gasteiger partial charge is 0.305 e. The van der Waals surface area contributed by atoms with Crippen LogP contribution in [0.5, 0.6) is 0 Å². The molecule has 0 spiro atoms. The number of nitrogens with zero attached hydrogens (tertiary/aromatic N) is 4. The van der Waals surface area contributed by atoms with Crippen LogP contribution in [0.1, 0.15) is 49.5 Å². The maximum absolute atomic E-state index is 8.58. The highest BCUT2D eigenvalue weighted by molar-refractivity contribution is 7.99. The van der Waals surface area contributed by atoms with Crippen LogP contribution in [0, 0.1) is 17.2 Å². The molecule has 0 fully saturated rings. The summed E-state index contributed by atoms with van der Waals surface area (Å²) >= 11 is 3.63. The van der Waals surface area contributed by atoms with Crippen molar-refractivity contribution in [3.8, 4) is 16.8 Å². The Labute approximate surface area is 152 Å². The minimum Gasteiger partial charge on any atom is -0.305 e. The summed E-state index contributed by atoms with van der Waals surface area (Å²) in [6.07, 6.45) is 7.70. The van der Waals surface area contributed by atoms with E-state index in [-0.39, 0.29) is 0 Å². The van der Waals surface area contributed by atoms with Gasteiger partial charge in [-0.25, -0.2) is 0 Å². The van der Waals surface area contributed by atoms with E-state index >= 15 is 0 Å². The minimum atomic E-state index is 0.643. The SMILES string of the molecule is CCC1CCc2sc(-c3nnc(SCCCCC#N)n3C)cc2C1. The van der Waals surface area contributed by atoms with Gasteiger partial charge in [-0.3, -0.25) is 0 Å². The molecule has 0 radical (unpaired) electrons. The molecule has 1 atom stereocenters. The van der Waals surface area contributed by atoms with Gasteiger partial charge >= 0.3 is 0 Å². The van der Waals surface area contributed by atoms with Gasteiger partial charge in [-0.2, -0.15) is 5.26 Å². The Bertz CT molecular complexity index is 726. The minimum absolute atomic E-state index is 0.643. The van der Waals surface area contributed by atoms with Crippen molar-refractivity contribution >= 4 is 23.1 Å². The molecule has 0 amide bonds. The molecular weight excluding hydrogens is 336 g/mol. The molecule has 0 aliphatic heterocycles. The molecule has 0 aromatic carbocycles. The van der Waals surface area contributed by atoms with Gasteiger partial charge in [0.25, 0.3) is 0 Å². The molecule has 6 heteroatoms. The van der Waals surface area contributed by atoms with Crippen LogP contribution in [0.3, 0.4) is 0 Å². The highest BCUT2D eigenvalue weighted by Gasteiger charge is 2.22. The molecule has 2 heterocycles. The van der Waals surface area contributed by atoms with Gasteiger partial charge in [-0.1, -0.05) is 25.1 Å². The first-order valence-electron chi connectivity index (χ1n) is 8.74. The Morgan fingerprint density at radius 3 is 3.08 bits per heavy atom. The quantitative estimate of drug-likeness (QED) is 0.523. The lowest BCUT2D eigenvalue weighted by atomic mass is 9.87. The number of aryl methyl sites for hydroxylation is 1. The second-order valence-corrected chi connectivity index (χ2v) is 8.60. The van der Waals surface area contributed by atoms with E-state index in [0.29, 0.717) is 6.42 Å². The van der Waals surface area contributed by atoms with Crippen molar-refractivity contribution in [2.45, 2.75) is 57.0 Å². The zero-order valence-corrected chi connectivity index (χ0v) is 16.0. The summed E-state index contributed by atoms with van der Waals surface area (Å²) in [6.45, 7) is 2.30. The first-order chi connectivity index (χ1) is 11.7. The maximum Gasteiger partial charge on any atom is 0.191 e. The summed E-state index contributed by atoms with van der Waals surface area (Å²) in [4.78, 5) is 2.80. The average molecular weight is 361 g/mol. The third-order valence-electron chi connectivity index (χ3n) is 4.73. The zero-order chi connectivity index (χ0) is 16.9. The van der Waals surface area contributed by atoms with E-state index in [1.54, 1.807) is 16.6 Å². The average Bonchev–Trinajstić information content (AvgIpc) is 3.17. The van der Waals surface area contributed by atoms with E-state index in [4.69, 9.17) is 5.26 Å². The van der Waals surface area contributed by atoms with Crippen molar-refractivity contribution in [3.63, 3.8) is 0 Å². The van der Waals surface area contributed by atoms with E-state index in [9.17, 15) is 0 Å². The number of thioether (sulfide) groups is 1. The Morgan fingerprint density at radius 1 is 1.42 bits per heavy atom. The van der Waals surface area contributed by atoms with Crippen molar-refractivity contribution in [2.24, 2.45) is 13.0 Å². The van der Waals surface area contributed by atoms with Crippen LogP contribution in [0.4, 0.5) is 0 Å². The molecule has 2 aromatic heterocycles. The first-order valence-corrected chi connectivity index (χ1v) is 10.5. The van der Waals surface area contributed by atoms with E-state index in [1.807, 2.05) is 11.3 Å². The Kier molecular flexibility index (Phi) is 5.96. The molecule has 3 rings (SSSR count). The van der Waals surface area contributed by atoms with Crippen LogP contribution in [-0.2, 0) is 19.9 Å². The normalized spacial score (nSPS) is 16.8.